The van der Waals surface area contributed by atoms with Gasteiger partial charge in [0.05, 0.1) is 162 Å². The lowest BCUT2D eigenvalue weighted by atomic mass is 10.0. The van der Waals surface area contributed by atoms with Crippen molar-refractivity contribution < 1.29 is 74.0 Å². The summed E-state index contributed by atoms with van der Waals surface area (Å²) in [7, 11) is -5.33. The van der Waals surface area contributed by atoms with Crippen LogP contribution in [0.1, 0.15) is 74.0 Å². The zero-order valence-corrected chi connectivity index (χ0v) is 75.6. The fourth-order valence-corrected chi connectivity index (χ4v) is 21.7. The number of benzene rings is 22. The Morgan fingerprint density at radius 2 is 0.322 bits per heavy atom. The van der Waals surface area contributed by atoms with Crippen LogP contribution >= 0.6 is 0 Å². The topological polar surface area (TPSA) is 39.4 Å². The average Bonchev–Trinajstić information content (AvgIpc) is 1.52. The van der Waals surface area contributed by atoms with Gasteiger partial charge < -0.3 is 36.5 Å². The van der Waals surface area contributed by atoms with E-state index in [1.54, 1.807) is 9.13 Å². The van der Waals surface area contributed by atoms with Gasteiger partial charge in [-0.15, -0.1) is 0 Å². The molecule has 0 aliphatic rings. The van der Waals surface area contributed by atoms with Crippen molar-refractivity contribution in [2.24, 2.45) is 0 Å². The van der Waals surface area contributed by atoms with Crippen LogP contribution in [0.4, 0.5) is 0 Å². The zero-order valence-electron chi connectivity index (χ0n) is 129. The zero-order chi connectivity index (χ0) is 141. The smallest absolute Gasteiger partial charge is 0.112 e. The molecule has 22 aromatic carbocycles. The first-order valence-electron chi connectivity index (χ1n) is 71.9. The van der Waals surface area contributed by atoms with Crippen LogP contribution in [0.15, 0.2) is 520 Å². The molecule has 672 valence electrons. The average molecular weight is 1900 g/mol. The van der Waals surface area contributed by atoms with Crippen molar-refractivity contribution in [3.8, 4) is 67.8 Å². The van der Waals surface area contributed by atoms with E-state index >= 15 is 0 Å². The summed E-state index contributed by atoms with van der Waals surface area (Å²) in [6.07, 6.45) is 0. The molecule has 8 nitrogen and oxygen atoms in total. The number of fused-ring (bicyclic) bond motifs is 24. The monoisotopic (exact) mass is 1900 g/mol. The Bertz CT molecular complexity index is 12300. The van der Waals surface area contributed by atoms with Gasteiger partial charge in [0.2, 0.25) is 0 Å². The van der Waals surface area contributed by atoms with Crippen molar-refractivity contribution in [3.05, 3.63) is 520 Å². The van der Waals surface area contributed by atoms with Crippen LogP contribution in [-0.4, -0.2) is 44.6 Å². The molecule has 8 heterocycles. The molecular formula is C134H92N8Si. The maximum absolute atomic E-state index is 10.8. The molecule has 0 atom stereocenters. The maximum atomic E-state index is 10.8. The summed E-state index contributed by atoms with van der Waals surface area (Å²) in [5.74, 6) is 0. The minimum absolute atomic E-state index is 0.168. The molecule has 0 spiro atoms. The highest BCUT2D eigenvalue weighted by Gasteiger charge is 2.32. The lowest BCUT2D eigenvalue weighted by molar-refractivity contribution is 1.14. The fourth-order valence-electron chi connectivity index (χ4n) is 19.7. The predicted octanol–water partition coefficient (Wildman–Crippen LogP) is 34.0. The van der Waals surface area contributed by atoms with Crippen molar-refractivity contribution in [1.82, 2.24) is 36.5 Å². The first-order valence-corrected chi connectivity index (χ1v) is 47.9. The van der Waals surface area contributed by atoms with Gasteiger partial charge in [0.1, 0.15) is 8.07 Å². The Morgan fingerprint density at radius 1 is 0.147 bits per heavy atom. The summed E-state index contributed by atoms with van der Waals surface area (Å²) in [4.78, 5) is 0. The van der Waals surface area contributed by atoms with Crippen LogP contribution < -0.4 is 10.4 Å². The Labute approximate surface area is 901 Å². The molecule has 0 N–H and O–H groups in total. The summed E-state index contributed by atoms with van der Waals surface area (Å²) >= 11 is 0. The van der Waals surface area contributed by atoms with Gasteiger partial charge in [-0.2, -0.15) is 0 Å². The van der Waals surface area contributed by atoms with Gasteiger partial charge in [-0.3, -0.25) is 0 Å². The normalized spacial score (nSPS) is 17.3. The largest absolute Gasteiger partial charge is 0.309 e. The Morgan fingerprint density at radius 3 is 0.531 bits per heavy atom. The Kier molecular flexibility index (Phi) is 10.5. The van der Waals surface area contributed by atoms with Crippen LogP contribution in [0.5, 0.6) is 0 Å². The molecule has 9 heteroatoms. The van der Waals surface area contributed by atoms with E-state index in [2.05, 4.69) is 57.7 Å². The van der Waals surface area contributed by atoms with Crippen LogP contribution in [-0.2, 0) is 0 Å². The predicted molar refractivity (Wildman–Crippen MR) is 608 cm³/mol. The van der Waals surface area contributed by atoms with E-state index in [0.717, 1.165) is 77.2 Å². The van der Waals surface area contributed by atoms with E-state index in [-0.39, 0.29) is 94.1 Å². The molecule has 0 aliphatic heterocycles. The molecule has 143 heavy (non-hydrogen) atoms. The molecule has 0 aliphatic carbocycles. The Balaban J connectivity index is 0.000000153. The van der Waals surface area contributed by atoms with Crippen LogP contribution in [0.2, 0.25) is 13.1 Å². The molecule has 30 rings (SSSR count). The second kappa shape index (κ2) is 33.4. The van der Waals surface area contributed by atoms with E-state index in [4.69, 9.17) is 43.9 Å². The van der Waals surface area contributed by atoms with Crippen molar-refractivity contribution in [2.75, 3.05) is 0 Å². The third-order valence-electron chi connectivity index (χ3n) is 26.1. The van der Waals surface area contributed by atoms with Crippen LogP contribution in [0.25, 0.3) is 242 Å². The highest BCUT2D eigenvalue weighted by Crippen LogP contribution is 2.44. The van der Waals surface area contributed by atoms with Crippen molar-refractivity contribution in [2.45, 2.75) is 13.1 Å². The van der Waals surface area contributed by atoms with Gasteiger partial charge in [0, 0.05) is 132 Å². The van der Waals surface area contributed by atoms with Crippen molar-refractivity contribution >= 4 is 193 Å². The minimum Gasteiger partial charge on any atom is -0.309 e. The van der Waals surface area contributed by atoms with Gasteiger partial charge in [-0.1, -0.05) is 362 Å². The molecule has 0 amide bonds. The second-order valence-electron chi connectivity index (χ2n) is 34.2. The molecule has 8 aromatic heterocycles. The van der Waals surface area contributed by atoms with Crippen LogP contribution in [0.3, 0.4) is 0 Å². The molecule has 0 bridgehead atoms. The summed E-state index contributed by atoms with van der Waals surface area (Å²) in [5, 5.41) is -1.94. The van der Waals surface area contributed by atoms with Gasteiger partial charge in [-0.05, 0) is 204 Å². The van der Waals surface area contributed by atoms with E-state index < -0.39 is 358 Å². The molecule has 0 fully saturated rings. The number of rotatable bonds is 12. The van der Waals surface area contributed by atoms with E-state index in [1.165, 1.54) is 37.4 Å². The number of aromatic nitrogens is 8. The molecule has 0 saturated carbocycles. The number of para-hydroxylation sites is 16. The third-order valence-corrected chi connectivity index (χ3v) is 29.1. The first-order chi connectivity index (χ1) is 93.1. The first kappa shape index (κ1) is 44.9. The standard InChI is InChI=1S/C62H44N4Si.2C36H24N2/c1-67(2,45-37-41(63-55-27-11-3-19-47(55)48-20-4-12-28-56(48)63)35-42(38-45)64-57-29-13-5-21-49(57)50-22-6-14-30-58(50)64)46-39-43(65-59-31-15-7-23-51(59)52-24-8-16-32-60(52)65)36-44(40-46)66-61-33-17-9-25-53(61)54-26-10-18-34-62(54)66;2*1-5-19-33-29(15-1)30-16-2-6-20-34(30)37(33)27-13-9-11-25(23-27)26-12-10-14-28(24-26)38-35-21-7-3-17-31(35)32-18-4-8-22-36(32)38/h3-40H,1-2H3;2*1-24H/i3D,4D,5D,6D,7D,8D,9D,10D,11D,12D,13D,14D,15D,16D,17D,18D,19D,20D,21D,22D,23D,24D,25D,26D,27D,28D,29D,30D,31D,32D,33D,34D,35D,36D,37D,38D,39D,40D;1D,2D,3D,4D,5D,6D,7D,8D,15D,16D,17D,18D;1D,2D,3D,4D. The summed E-state index contributed by atoms with van der Waals surface area (Å²) in [6, 6.07) is 20.6. The highest BCUT2D eigenvalue weighted by atomic mass is 28.3. The molecule has 0 saturated heterocycles. The van der Waals surface area contributed by atoms with E-state index in [1.807, 2.05) is 121 Å². The minimum atomic E-state index is -5.33. The second-order valence-corrected chi connectivity index (χ2v) is 38.4. The third kappa shape index (κ3) is 13.3. The molecule has 30 aromatic rings. The fraction of sp³-hybridized carbons (Fsp3) is 0.0149. The quantitative estimate of drug-likeness (QED) is 0.109. The van der Waals surface area contributed by atoms with E-state index in [9.17, 15) is 30.2 Å². The van der Waals surface area contributed by atoms with Gasteiger partial charge in [-0.25, -0.2) is 0 Å². The summed E-state index contributed by atoms with van der Waals surface area (Å²) in [5.41, 5.74) is 2.07. The SMILES string of the molecule is [2H]c1c(-n2c3c([2H])c([2H])c([2H])c([2H])c3c3c([2H])c([2H])c([2H])c([2H])c32)c([2H])c([Si](C)(C)c2c([2H])c(-n3c4c([2H])c([2H])c([2H])c([2H])c4c4c([2H])c([2H])c([2H])c([2H])c43)c([2H])c(-n3c4c([2H])c([2H])c([2H])c([2H])c4c4c([2H])c([2H])c([2H])c([2H])c43)c2[2H])c([2H])c1-n1c2c([2H])c([2H])c([2H])c([2H])c2c2c([2H])c([2H])c([2H])c([2H])c21.[2H]c1cc2c(c([2H])c1[2H])c1c([2H])c([2H])c([2H])cc1n2-c1cccc(-c2cccc(-n3c4cc([2H])c([2H])c([2H])c4c4c([2H])c([2H])c([2H])cc43)c2)c1.[2H]c1ccc2c(c1)c1cc([2H])ccc1n2-c1cccc(-c2cccc(-n3c4ccc([2H])cc4c4cc([2H])ccc43)c2)c1. The summed E-state index contributed by atoms with van der Waals surface area (Å²) in [6.45, 7) is 2.42. The van der Waals surface area contributed by atoms with Gasteiger partial charge in [0.25, 0.3) is 0 Å². The Hall–Kier alpha value is -18.5. The van der Waals surface area contributed by atoms with Crippen molar-refractivity contribution in [3.63, 3.8) is 0 Å². The number of hydrogen-bond acceptors (Lipinski definition) is 0. The molecule has 0 unspecified atom stereocenters. The van der Waals surface area contributed by atoms with Gasteiger partial charge >= 0.3 is 0 Å². The van der Waals surface area contributed by atoms with E-state index in [0.29, 0.717) is 75.9 Å². The lowest BCUT2D eigenvalue weighted by Gasteiger charge is -2.28. The maximum Gasteiger partial charge on any atom is 0.112 e. The molecule has 0 radical (unpaired) electrons. The number of hydrogen-bond donors (Lipinski definition) is 0. The lowest BCUT2D eigenvalue weighted by Crippen LogP contribution is -2.53. The highest BCUT2D eigenvalue weighted by molar-refractivity contribution is 7.00. The van der Waals surface area contributed by atoms with Gasteiger partial charge in [0.15, 0.2) is 0 Å². The number of nitrogens with zero attached hydrogens (tertiary/aromatic N) is 8. The van der Waals surface area contributed by atoms with Crippen LogP contribution in [0, 0.1) is 0 Å². The van der Waals surface area contributed by atoms with Crippen molar-refractivity contribution in [1.29, 1.82) is 0 Å². The summed E-state index contributed by atoms with van der Waals surface area (Å²) < 4.78 is 504. The molecular weight excluding hydrogens is 1750 g/mol.